The van der Waals surface area contributed by atoms with E-state index in [4.69, 9.17) is 4.74 Å². The van der Waals surface area contributed by atoms with E-state index in [1.807, 2.05) is 13.8 Å². The van der Waals surface area contributed by atoms with E-state index in [9.17, 15) is 5.11 Å². The van der Waals surface area contributed by atoms with Gasteiger partial charge in [-0.05, 0) is 36.8 Å². The maximum absolute atomic E-state index is 10.7. The van der Waals surface area contributed by atoms with E-state index in [0.717, 1.165) is 51.8 Å². The Morgan fingerprint density at radius 2 is 1.73 bits per heavy atom. The van der Waals surface area contributed by atoms with Gasteiger partial charge in [0.25, 0.3) is 0 Å². The molecule has 1 fully saturated rings. The zero-order chi connectivity index (χ0) is 21.3. The summed E-state index contributed by atoms with van der Waals surface area (Å²) in [6.07, 6.45) is 0.930. The molecule has 7 heteroatoms. The van der Waals surface area contributed by atoms with E-state index in [2.05, 4.69) is 65.6 Å². The number of nitrogens with one attached hydrogen (secondary N) is 2. The summed E-state index contributed by atoms with van der Waals surface area (Å²) < 4.78 is 5.38. The third-order valence-corrected chi connectivity index (χ3v) is 5.12. The number of halogens is 1. The van der Waals surface area contributed by atoms with Crippen LogP contribution in [-0.2, 0) is 16.6 Å². The molecular weight excluding hydrogens is 491 g/mol. The standard InChI is InChI=1S/C23H40N4O2.HI/c1-6-24-21(26-17-23(5,28)18-27-13-15-29-16-14-27)25-12-11-19-7-9-20(10-8-19)22(2,3)4;/h7-10,28H,6,11-18H2,1-5H3,(H2,24,25,26);1H. The first-order chi connectivity index (χ1) is 13.7. The van der Waals surface area contributed by atoms with Crippen molar-refractivity contribution in [1.82, 2.24) is 15.5 Å². The summed E-state index contributed by atoms with van der Waals surface area (Å²) in [5.74, 6) is 0.751. The maximum Gasteiger partial charge on any atom is 0.191 e. The fourth-order valence-corrected chi connectivity index (χ4v) is 3.38. The first-order valence-corrected chi connectivity index (χ1v) is 10.8. The SMILES string of the molecule is CCNC(=NCC(C)(O)CN1CCOCC1)NCCc1ccc(C(C)(C)C)cc1.I. The highest BCUT2D eigenvalue weighted by Crippen LogP contribution is 2.22. The average Bonchev–Trinajstić information content (AvgIpc) is 2.66. The second-order valence-corrected chi connectivity index (χ2v) is 9.20. The molecule has 1 atom stereocenters. The van der Waals surface area contributed by atoms with E-state index >= 15 is 0 Å². The second kappa shape index (κ2) is 12.8. The fraction of sp³-hybridized carbons (Fsp3) is 0.696. The summed E-state index contributed by atoms with van der Waals surface area (Å²) in [6.45, 7) is 16.4. The van der Waals surface area contributed by atoms with Crippen molar-refractivity contribution < 1.29 is 9.84 Å². The molecule has 1 aromatic carbocycles. The summed E-state index contributed by atoms with van der Waals surface area (Å²) in [5, 5.41) is 17.4. The summed E-state index contributed by atoms with van der Waals surface area (Å²) >= 11 is 0. The molecule has 0 amide bonds. The Kier molecular flexibility index (Phi) is 11.6. The lowest BCUT2D eigenvalue weighted by atomic mass is 9.86. The highest BCUT2D eigenvalue weighted by molar-refractivity contribution is 14.0. The minimum atomic E-state index is -0.859. The van der Waals surface area contributed by atoms with E-state index in [0.29, 0.717) is 13.1 Å². The van der Waals surface area contributed by atoms with Crippen molar-refractivity contribution >= 4 is 29.9 Å². The molecule has 1 aromatic rings. The van der Waals surface area contributed by atoms with Crippen molar-refractivity contribution in [3.05, 3.63) is 35.4 Å². The maximum atomic E-state index is 10.7. The minimum absolute atomic E-state index is 0. The topological polar surface area (TPSA) is 69.1 Å². The van der Waals surface area contributed by atoms with Gasteiger partial charge in [0.05, 0.1) is 25.4 Å². The fourth-order valence-electron chi connectivity index (χ4n) is 3.38. The van der Waals surface area contributed by atoms with Crippen molar-refractivity contribution in [3.63, 3.8) is 0 Å². The average molecular weight is 533 g/mol. The van der Waals surface area contributed by atoms with Crippen molar-refractivity contribution in [2.75, 3.05) is 52.5 Å². The van der Waals surface area contributed by atoms with Crippen LogP contribution in [0.4, 0.5) is 0 Å². The zero-order valence-corrected chi connectivity index (χ0v) is 21.7. The molecular formula is C23H41IN4O2. The van der Waals surface area contributed by atoms with Gasteiger partial charge in [-0.15, -0.1) is 24.0 Å². The molecule has 6 nitrogen and oxygen atoms in total. The van der Waals surface area contributed by atoms with Gasteiger partial charge in [0.15, 0.2) is 5.96 Å². The van der Waals surface area contributed by atoms with Crippen LogP contribution >= 0.6 is 24.0 Å². The molecule has 0 aromatic heterocycles. The Morgan fingerprint density at radius 1 is 1.10 bits per heavy atom. The Labute approximate surface area is 199 Å². The Morgan fingerprint density at radius 3 is 2.30 bits per heavy atom. The van der Waals surface area contributed by atoms with Crippen molar-refractivity contribution in [3.8, 4) is 0 Å². The number of aliphatic imine (C=N–C) groups is 1. The highest BCUT2D eigenvalue weighted by Gasteiger charge is 2.25. The lowest BCUT2D eigenvalue weighted by Gasteiger charge is -2.33. The van der Waals surface area contributed by atoms with Crippen molar-refractivity contribution in [1.29, 1.82) is 0 Å². The number of nitrogens with zero attached hydrogens (tertiary/aromatic N) is 2. The second-order valence-electron chi connectivity index (χ2n) is 9.20. The van der Waals surface area contributed by atoms with E-state index in [1.165, 1.54) is 11.1 Å². The quantitative estimate of drug-likeness (QED) is 0.273. The van der Waals surface area contributed by atoms with Crippen LogP contribution in [-0.4, -0.2) is 74.0 Å². The first-order valence-electron chi connectivity index (χ1n) is 10.8. The lowest BCUT2D eigenvalue weighted by Crippen LogP contribution is -2.48. The van der Waals surface area contributed by atoms with Gasteiger partial charge in [-0.1, -0.05) is 45.0 Å². The summed E-state index contributed by atoms with van der Waals surface area (Å²) in [4.78, 5) is 6.85. The monoisotopic (exact) mass is 532 g/mol. The summed E-state index contributed by atoms with van der Waals surface area (Å²) in [5.41, 5.74) is 1.98. The van der Waals surface area contributed by atoms with E-state index in [-0.39, 0.29) is 29.4 Å². The number of hydrogen-bond acceptors (Lipinski definition) is 4. The van der Waals surface area contributed by atoms with Crippen LogP contribution in [0.2, 0.25) is 0 Å². The molecule has 2 rings (SSSR count). The summed E-state index contributed by atoms with van der Waals surface area (Å²) in [7, 11) is 0. The number of ether oxygens (including phenoxy) is 1. The third kappa shape index (κ3) is 9.94. The van der Waals surface area contributed by atoms with E-state index in [1.54, 1.807) is 0 Å². The number of β-amino-alcohol motifs (C(OH)–C–C–N with tert-alkyl or cyclic N) is 1. The van der Waals surface area contributed by atoms with Gasteiger partial charge in [0.2, 0.25) is 0 Å². The number of aliphatic hydroxyl groups is 1. The Balaban J connectivity index is 0.00000450. The number of rotatable bonds is 8. The molecule has 0 saturated carbocycles. The van der Waals surface area contributed by atoms with Crippen LogP contribution < -0.4 is 10.6 Å². The largest absolute Gasteiger partial charge is 0.387 e. The van der Waals surface area contributed by atoms with Crippen LogP contribution in [0.15, 0.2) is 29.3 Å². The number of hydrogen-bond donors (Lipinski definition) is 3. The first kappa shape index (κ1) is 27.1. The smallest absolute Gasteiger partial charge is 0.191 e. The molecule has 0 spiro atoms. The van der Waals surface area contributed by atoms with Crippen LogP contribution in [0.5, 0.6) is 0 Å². The molecule has 1 heterocycles. The van der Waals surface area contributed by atoms with Crippen LogP contribution in [0.25, 0.3) is 0 Å². The van der Waals surface area contributed by atoms with Gasteiger partial charge < -0.3 is 20.5 Å². The molecule has 0 bridgehead atoms. The molecule has 1 aliphatic rings. The highest BCUT2D eigenvalue weighted by atomic mass is 127. The lowest BCUT2D eigenvalue weighted by molar-refractivity contribution is -0.0179. The number of benzene rings is 1. The van der Waals surface area contributed by atoms with Gasteiger partial charge in [0, 0.05) is 32.7 Å². The molecule has 0 aliphatic carbocycles. The van der Waals surface area contributed by atoms with E-state index < -0.39 is 5.60 Å². The Hall–Kier alpha value is -0.900. The molecule has 3 N–H and O–H groups in total. The summed E-state index contributed by atoms with van der Waals surface area (Å²) in [6, 6.07) is 8.85. The molecule has 0 radical (unpaired) electrons. The predicted octanol–water partition coefficient (Wildman–Crippen LogP) is 2.78. The zero-order valence-electron chi connectivity index (χ0n) is 19.3. The third-order valence-electron chi connectivity index (χ3n) is 5.12. The predicted molar refractivity (Wildman–Crippen MR) is 136 cm³/mol. The number of guanidine groups is 1. The van der Waals surface area contributed by atoms with Crippen LogP contribution in [0.1, 0.15) is 45.7 Å². The van der Waals surface area contributed by atoms with Gasteiger partial charge in [-0.25, -0.2) is 0 Å². The van der Waals surface area contributed by atoms with Crippen molar-refractivity contribution in [2.45, 2.75) is 52.1 Å². The molecule has 30 heavy (non-hydrogen) atoms. The van der Waals surface area contributed by atoms with Crippen LogP contribution in [0, 0.1) is 0 Å². The molecule has 1 saturated heterocycles. The normalized spacial score (nSPS) is 17.7. The van der Waals surface area contributed by atoms with Crippen molar-refractivity contribution in [2.24, 2.45) is 4.99 Å². The molecule has 172 valence electrons. The van der Waals surface area contributed by atoms with Gasteiger partial charge in [0.1, 0.15) is 0 Å². The molecule has 1 aliphatic heterocycles. The van der Waals surface area contributed by atoms with Gasteiger partial charge >= 0.3 is 0 Å². The molecule has 1 unspecified atom stereocenters. The Bertz CT molecular complexity index is 636. The van der Waals surface area contributed by atoms with Crippen LogP contribution in [0.3, 0.4) is 0 Å². The van der Waals surface area contributed by atoms with Gasteiger partial charge in [-0.2, -0.15) is 0 Å². The minimum Gasteiger partial charge on any atom is -0.387 e. The van der Waals surface area contributed by atoms with Gasteiger partial charge in [-0.3, -0.25) is 9.89 Å². The number of morpholine rings is 1.